The molecule has 0 unspecified atom stereocenters. The smallest absolute Gasteiger partial charge is 0.158 e. The molecule has 8 nitrogen and oxygen atoms in total. The van der Waals surface area contributed by atoms with Crippen LogP contribution < -0.4 is 10.2 Å². The average Bonchev–Trinajstić information content (AvgIpc) is 3.65. The molecular formula is C27H28N8S. The highest BCUT2D eigenvalue weighted by Gasteiger charge is 2.21. The van der Waals surface area contributed by atoms with E-state index in [-0.39, 0.29) is 0 Å². The van der Waals surface area contributed by atoms with E-state index in [1.807, 2.05) is 4.52 Å². The van der Waals surface area contributed by atoms with Crippen molar-refractivity contribution in [3.05, 3.63) is 54.0 Å². The third-order valence-corrected chi connectivity index (χ3v) is 8.29. The Balaban J connectivity index is 1.29. The van der Waals surface area contributed by atoms with Gasteiger partial charge in [-0.15, -0.1) is 11.3 Å². The highest BCUT2D eigenvalue weighted by Crippen LogP contribution is 2.42. The van der Waals surface area contributed by atoms with Gasteiger partial charge in [-0.1, -0.05) is 13.8 Å². The molecule has 6 aromatic rings. The van der Waals surface area contributed by atoms with Gasteiger partial charge < -0.3 is 20.2 Å². The maximum atomic E-state index is 4.93. The van der Waals surface area contributed by atoms with Gasteiger partial charge in [0.2, 0.25) is 0 Å². The van der Waals surface area contributed by atoms with E-state index >= 15 is 0 Å². The van der Waals surface area contributed by atoms with Crippen molar-refractivity contribution in [2.24, 2.45) is 0 Å². The molecule has 0 aliphatic carbocycles. The predicted octanol–water partition coefficient (Wildman–Crippen LogP) is 5.32. The highest BCUT2D eigenvalue weighted by molar-refractivity contribution is 7.22. The summed E-state index contributed by atoms with van der Waals surface area (Å²) in [6, 6.07) is 11.0. The van der Waals surface area contributed by atoms with Crippen molar-refractivity contribution in [1.82, 2.24) is 34.9 Å². The molecule has 7 rings (SSSR count). The monoisotopic (exact) mass is 496 g/mol. The number of rotatable bonds is 4. The Labute approximate surface area is 212 Å². The minimum Gasteiger partial charge on any atom is -0.369 e. The Morgan fingerprint density at radius 2 is 1.89 bits per heavy atom. The van der Waals surface area contributed by atoms with Gasteiger partial charge in [-0.3, -0.25) is 0 Å². The Morgan fingerprint density at radius 1 is 1.03 bits per heavy atom. The number of pyridine rings is 1. The maximum Gasteiger partial charge on any atom is 0.158 e. The molecule has 0 atom stereocenters. The molecule has 182 valence electrons. The van der Waals surface area contributed by atoms with Crippen LogP contribution in [0.1, 0.15) is 30.9 Å². The molecular weight excluding hydrogens is 468 g/mol. The first-order chi connectivity index (χ1) is 17.5. The van der Waals surface area contributed by atoms with Crippen molar-refractivity contribution in [3.8, 4) is 22.0 Å². The first kappa shape index (κ1) is 21.6. The van der Waals surface area contributed by atoms with Crippen molar-refractivity contribution < 1.29 is 0 Å². The summed E-state index contributed by atoms with van der Waals surface area (Å²) in [7, 11) is 0. The van der Waals surface area contributed by atoms with Crippen LogP contribution in [0.15, 0.2) is 42.9 Å². The van der Waals surface area contributed by atoms with Crippen LogP contribution in [0.2, 0.25) is 0 Å². The van der Waals surface area contributed by atoms with Crippen LogP contribution in [-0.4, -0.2) is 55.7 Å². The van der Waals surface area contributed by atoms with Crippen molar-refractivity contribution in [1.29, 1.82) is 0 Å². The van der Waals surface area contributed by atoms with Gasteiger partial charge in [-0.25, -0.2) is 14.5 Å². The normalized spacial score (nSPS) is 14.7. The van der Waals surface area contributed by atoms with Crippen molar-refractivity contribution >= 4 is 43.9 Å². The highest BCUT2D eigenvalue weighted by atomic mass is 32.1. The van der Waals surface area contributed by atoms with Crippen molar-refractivity contribution in [3.63, 3.8) is 0 Å². The second-order valence-corrected chi connectivity index (χ2v) is 10.9. The minimum absolute atomic E-state index is 0.365. The number of benzene rings is 1. The number of thiophene rings is 1. The van der Waals surface area contributed by atoms with Crippen LogP contribution in [0.4, 0.5) is 5.69 Å². The molecule has 0 saturated carbocycles. The number of hydrogen-bond acceptors (Lipinski definition) is 6. The van der Waals surface area contributed by atoms with Crippen LogP contribution in [0, 0.1) is 6.92 Å². The number of piperazine rings is 1. The number of nitrogens with zero attached hydrogens (tertiary/aromatic N) is 5. The summed E-state index contributed by atoms with van der Waals surface area (Å²) >= 11 is 1.80. The Hall–Kier alpha value is -3.69. The summed E-state index contributed by atoms with van der Waals surface area (Å²) in [6.07, 6.45) is 3.67. The first-order valence-electron chi connectivity index (χ1n) is 12.5. The van der Waals surface area contributed by atoms with E-state index in [1.54, 1.807) is 17.7 Å². The molecule has 0 bridgehead atoms. The van der Waals surface area contributed by atoms with Gasteiger partial charge in [0.25, 0.3) is 0 Å². The Bertz CT molecular complexity index is 1730. The second-order valence-electron chi connectivity index (χ2n) is 9.89. The molecule has 1 aliphatic heterocycles. The number of imidazole rings is 1. The average molecular weight is 497 g/mol. The molecule has 6 heterocycles. The summed E-state index contributed by atoms with van der Waals surface area (Å²) in [5.41, 5.74) is 10.1. The molecule has 0 spiro atoms. The van der Waals surface area contributed by atoms with Crippen LogP contribution >= 0.6 is 11.3 Å². The van der Waals surface area contributed by atoms with Crippen LogP contribution in [-0.2, 0) is 0 Å². The Kier molecular flexibility index (Phi) is 4.90. The lowest BCUT2D eigenvalue weighted by atomic mass is 9.99. The molecule has 1 aliphatic rings. The fourth-order valence-corrected chi connectivity index (χ4v) is 6.62. The lowest BCUT2D eigenvalue weighted by Gasteiger charge is -2.29. The van der Waals surface area contributed by atoms with Crippen molar-refractivity contribution in [2.45, 2.75) is 26.7 Å². The summed E-state index contributed by atoms with van der Waals surface area (Å²) in [4.78, 5) is 20.2. The summed E-state index contributed by atoms with van der Waals surface area (Å²) in [5, 5.41) is 7.79. The number of anilines is 1. The topological polar surface area (TPSA) is 89.9 Å². The van der Waals surface area contributed by atoms with Gasteiger partial charge in [-0.05, 0) is 54.3 Å². The van der Waals surface area contributed by atoms with E-state index in [0.717, 1.165) is 75.9 Å². The SMILES string of the molecule is Cc1cc(-c2[nH]c3cc(-c4nc5ccc(N6CCNCC6)cc5[nH]4)sc3c2C(C)C)cn2ncnc12. The number of aromatic nitrogens is 6. The van der Waals surface area contributed by atoms with E-state index in [0.29, 0.717) is 5.92 Å². The zero-order chi connectivity index (χ0) is 24.4. The summed E-state index contributed by atoms with van der Waals surface area (Å²) in [6.45, 7) is 10.7. The van der Waals surface area contributed by atoms with Gasteiger partial charge >= 0.3 is 0 Å². The molecule has 3 N–H and O–H groups in total. The largest absolute Gasteiger partial charge is 0.369 e. The lowest BCUT2D eigenvalue weighted by Crippen LogP contribution is -2.43. The molecule has 1 fully saturated rings. The maximum absolute atomic E-state index is 4.93. The van der Waals surface area contributed by atoms with Gasteiger partial charge in [0, 0.05) is 43.6 Å². The molecule has 1 aromatic carbocycles. The van der Waals surface area contributed by atoms with Gasteiger partial charge in [0.05, 0.1) is 31.8 Å². The molecule has 0 amide bonds. The van der Waals surface area contributed by atoms with Gasteiger partial charge in [0.15, 0.2) is 5.65 Å². The van der Waals surface area contributed by atoms with E-state index in [2.05, 4.69) is 87.6 Å². The molecule has 9 heteroatoms. The zero-order valence-corrected chi connectivity index (χ0v) is 21.4. The second kappa shape index (κ2) is 8.18. The number of nitrogens with one attached hydrogen (secondary N) is 3. The summed E-state index contributed by atoms with van der Waals surface area (Å²) < 4.78 is 3.14. The quantitative estimate of drug-likeness (QED) is 0.307. The fourth-order valence-electron chi connectivity index (χ4n) is 5.36. The third-order valence-electron chi connectivity index (χ3n) is 7.11. The standard InChI is InChI=1S/C27H28N8S/c1-15(2)23-24(17-10-16(3)27-29-14-30-35(27)13-17)31-21-12-22(36-25(21)23)26-32-19-5-4-18(11-20(19)33-26)34-8-6-28-7-9-34/h4-5,10-15,28,31H,6-9H2,1-3H3,(H,32,33). The molecule has 36 heavy (non-hydrogen) atoms. The van der Waals surface area contributed by atoms with E-state index in [4.69, 9.17) is 4.98 Å². The Morgan fingerprint density at radius 3 is 2.72 bits per heavy atom. The predicted molar refractivity (Wildman–Crippen MR) is 147 cm³/mol. The molecule has 0 radical (unpaired) electrons. The van der Waals surface area contributed by atoms with E-state index in [9.17, 15) is 0 Å². The molecule has 1 saturated heterocycles. The fraction of sp³-hybridized carbons (Fsp3) is 0.296. The number of fused-ring (bicyclic) bond motifs is 3. The lowest BCUT2D eigenvalue weighted by molar-refractivity contribution is 0.589. The van der Waals surface area contributed by atoms with Gasteiger partial charge in [0.1, 0.15) is 12.2 Å². The zero-order valence-electron chi connectivity index (χ0n) is 20.6. The van der Waals surface area contributed by atoms with Crippen molar-refractivity contribution in [2.75, 3.05) is 31.1 Å². The van der Waals surface area contributed by atoms with Gasteiger partial charge in [-0.2, -0.15) is 5.10 Å². The third kappa shape index (κ3) is 3.42. The number of hydrogen-bond donors (Lipinski definition) is 3. The van der Waals surface area contributed by atoms with E-state index in [1.165, 1.54) is 16.0 Å². The number of H-pyrrole nitrogens is 2. The number of aryl methyl sites for hydroxylation is 1. The first-order valence-corrected chi connectivity index (χ1v) is 13.3. The number of aromatic amines is 2. The minimum atomic E-state index is 0.365. The van der Waals surface area contributed by atoms with Crippen LogP contribution in [0.5, 0.6) is 0 Å². The van der Waals surface area contributed by atoms with E-state index < -0.39 is 0 Å². The van der Waals surface area contributed by atoms with Crippen LogP contribution in [0.25, 0.3) is 48.9 Å². The summed E-state index contributed by atoms with van der Waals surface area (Å²) in [5.74, 6) is 1.29. The van der Waals surface area contributed by atoms with Crippen LogP contribution in [0.3, 0.4) is 0 Å². The molecule has 5 aromatic heterocycles.